The molecule has 0 aromatic heterocycles. The monoisotopic (exact) mass is 816 g/mol. The third kappa shape index (κ3) is 43.9. The molecule has 2 atom stereocenters. The Bertz CT molecular complexity index is 933. The number of aliphatic hydroxyl groups excluding tert-OH is 1. The summed E-state index contributed by atoms with van der Waals surface area (Å²) < 4.78 is 26.9. The number of nitrogens with one attached hydrogen (secondary N) is 1. The molecule has 0 aliphatic carbocycles. The molecule has 9 nitrogen and oxygen atoms in total. The summed E-state index contributed by atoms with van der Waals surface area (Å²) in [5.74, 6) is -0.514. The van der Waals surface area contributed by atoms with E-state index in [4.69, 9.17) is 13.8 Å². The van der Waals surface area contributed by atoms with Crippen LogP contribution in [0.15, 0.2) is 12.2 Å². The summed E-state index contributed by atoms with van der Waals surface area (Å²) in [6.07, 6.45) is 45.7. The molecule has 332 valence electrons. The summed E-state index contributed by atoms with van der Waals surface area (Å²) >= 11 is 0. The van der Waals surface area contributed by atoms with Gasteiger partial charge in [-0.2, -0.15) is 0 Å². The van der Waals surface area contributed by atoms with Crippen LogP contribution in [0.2, 0.25) is 0 Å². The average molecular weight is 816 g/mol. The topological polar surface area (TPSA) is 131 Å². The molecule has 56 heavy (non-hydrogen) atoms. The first kappa shape index (κ1) is 54.8. The van der Waals surface area contributed by atoms with Crippen LogP contribution in [0.1, 0.15) is 239 Å². The van der Waals surface area contributed by atoms with Crippen molar-refractivity contribution in [1.82, 2.24) is 5.32 Å². The van der Waals surface area contributed by atoms with Gasteiger partial charge < -0.3 is 20.1 Å². The molecule has 3 N–H and O–H groups in total. The van der Waals surface area contributed by atoms with Crippen LogP contribution in [0, 0.1) is 0 Å². The molecule has 0 spiro atoms. The van der Waals surface area contributed by atoms with Crippen LogP contribution in [0.3, 0.4) is 0 Å². The Kier molecular flexibility index (Phi) is 42.4. The minimum Gasteiger partial charge on any atom is -0.463 e. The van der Waals surface area contributed by atoms with E-state index in [1.807, 2.05) is 0 Å². The molecule has 0 heterocycles. The fourth-order valence-electron chi connectivity index (χ4n) is 6.85. The van der Waals surface area contributed by atoms with E-state index >= 15 is 0 Å². The number of phosphoric acid groups is 1. The van der Waals surface area contributed by atoms with Gasteiger partial charge >= 0.3 is 13.8 Å². The van der Waals surface area contributed by atoms with Crippen LogP contribution in [-0.2, 0) is 27.9 Å². The molecule has 0 saturated carbocycles. The molecule has 0 bridgehead atoms. The zero-order chi connectivity index (χ0) is 41.1. The number of unbranched alkanes of at least 4 members (excludes halogenated alkanes) is 30. The van der Waals surface area contributed by atoms with Gasteiger partial charge in [-0.3, -0.25) is 18.6 Å². The number of carbonyl (C=O) groups is 2. The standard InChI is InChI=1S/C46H90NO8P/c1-3-5-7-9-11-13-15-17-19-20-21-22-23-25-26-28-30-32-34-36-38-45(49)47-40-41-54-56(51,52)55-43-44(48)42-53-46(50)39-37-35-33-31-29-27-24-18-16-14-12-10-8-6-4-2/h18,24,44,48H,3-17,19-23,25-43H2,1-2H3,(H,47,49)(H,51,52)/b24-18-. The molecular weight excluding hydrogens is 725 g/mol. The van der Waals surface area contributed by atoms with E-state index < -0.39 is 26.5 Å². The third-order valence-electron chi connectivity index (χ3n) is 10.4. The molecule has 0 aromatic rings. The van der Waals surface area contributed by atoms with Crippen molar-refractivity contribution in [2.75, 3.05) is 26.4 Å². The maximum absolute atomic E-state index is 12.1. The van der Waals surface area contributed by atoms with Gasteiger partial charge in [-0.15, -0.1) is 0 Å². The Labute approximate surface area is 345 Å². The molecule has 0 radical (unpaired) electrons. The van der Waals surface area contributed by atoms with E-state index in [0.717, 1.165) is 57.8 Å². The van der Waals surface area contributed by atoms with E-state index in [1.165, 1.54) is 154 Å². The van der Waals surface area contributed by atoms with Gasteiger partial charge in [-0.1, -0.05) is 199 Å². The van der Waals surface area contributed by atoms with Crippen molar-refractivity contribution in [2.45, 2.75) is 245 Å². The van der Waals surface area contributed by atoms with Crippen molar-refractivity contribution < 1.29 is 37.9 Å². The SMILES string of the molecule is CCCCCCCC/C=C\CCCCCCCC(=O)OCC(O)COP(=O)(O)OCCNC(=O)CCCCCCCCCCCCCCCCCCCCCC. The number of hydrogen-bond donors (Lipinski definition) is 3. The highest BCUT2D eigenvalue weighted by atomic mass is 31.2. The number of carbonyl (C=O) groups excluding carboxylic acids is 2. The Morgan fingerprint density at radius 1 is 0.536 bits per heavy atom. The maximum Gasteiger partial charge on any atom is 0.472 e. The highest BCUT2D eigenvalue weighted by molar-refractivity contribution is 7.47. The van der Waals surface area contributed by atoms with Gasteiger partial charge in [-0.25, -0.2) is 4.57 Å². The lowest BCUT2D eigenvalue weighted by molar-refractivity contribution is -0.147. The third-order valence-corrected chi connectivity index (χ3v) is 11.4. The summed E-state index contributed by atoms with van der Waals surface area (Å²) in [6, 6.07) is 0. The normalized spacial score (nSPS) is 13.3. The van der Waals surface area contributed by atoms with Gasteiger partial charge in [0.25, 0.3) is 0 Å². The summed E-state index contributed by atoms with van der Waals surface area (Å²) in [6.45, 7) is 3.58. The van der Waals surface area contributed by atoms with Crippen LogP contribution in [0.25, 0.3) is 0 Å². The molecule has 1 amide bonds. The number of esters is 1. The van der Waals surface area contributed by atoms with Crippen molar-refractivity contribution in [3.05, 3.63) is 12.2 Å². The van der Waals surface area contributed by atoms with E-state index in [-0.39, 0.29) is 32.1 Å². The molecule has 0 rings (SSSR count). The number of amides is 1. The maximum atomic E-state index is 12.1. The predicted octanol–water partition coefficient (Wildman–Crippen LogP) is 13.4. The first-order chi connectivity index (χ1) is 27.3. The quantitative estimate of drug-likeness (QED) is 0.0240. The lowest BCUT2D eigenvalue weighted by atomic mass is 10.0. The number of hydrogen-bond acceptors (Lipinski definition) is 7. The molecule has 10 heteroatoms. The first-order valence-corrected chi connectivity index (χ1v) is 25.2. The number of phosphoric ester groups is 1. The van der Waals surface area contributed by atoms with Crippen LogP contribution in [0.5, 0.6) is 0 Å². The van der Waals surface area contributed by atoms with E-state index in [2.05, 4.69) is 31.3 Å². The van der Waals surface area contributed by atoms with Gasteiger partial charge in [0.2, 0.25) is 5.91 Å². The lowest BCUT2D eigenvalue weighted by Crippen LogP contribution is -2.27. The summed E-state index contributed by atoms with van der Waals surface area (Å²) in [7, 11) is -4.41. The summed E-state index contributed by atoms with van der Waals surface area (Å²) in [5.41, 5.74) is 0. The molecule has 2 unspecified atom stereocenters. The van der Waals surface area contributed by atoms with Crippen molar-refractivity contribution in [2.24, 2.45) is 0 Å². The first-order valence-electron chi connectivity index (χ1n) is 23.7. The molecule has 0 aliphatic heterocycles. The lowest BCUT2D eigenvalue weighted by Gasteiger charge is -2.15. The number of aliphatic hydroxyl groups is 1. The fraction of sp³-hybridized carbons (Fsp3) is 0.913. The van der Waals surface area contributed by atoms with Gasteiger partial charge in [0.15, 0.2) is 0 Å². The highest BCUT2D eigenvalue weighted by Gasteiger charge is 2.23. The zero-order valence-electron chi connectivity index (χ0n) is 36.6. The minimum absolute atomic E-state index is 0.0858. The smallest absolute Gasteiger partial charge is 0.463 e. The van der Waals surface area contributed by atoms with Crippen LogP contribution < -0.4 is 5.32 Å². The van der Waals surface area contributed by atoms with Crippen LogP contribution in [0.4, 0.5) is 0 Å². The van der Waals surface area contributed by atoms with E-state index in [0.29, 0.717) is 6.42 Å². The van der Waals surface area contributed by atoms with E-state index in [1.54, 1.807) is 0 Å². The molecule has 0 fully saturated rings. The molecular formula is C46H90NO8P. The second kappa shape index (κ2) is 43.3. The highest BCUT2D eigenvalue weighted by Crippen LogP contribution is 2.42. The summed E-state index contributed by atoms with van der Waals surface area (Å²) in [4.78, 5) is 34.0. The summed E-state index contributed by atoms with van der Waals surface area (Å²) in [5, 5.41) is 12.7. The fourth-order valence-corrected chi connectivity index (χ4v) is 7.60. The van der Waals surface area contributed by atoms with Gasteiger partial charge in [0.1, 0.15) is 12.7 Å². The van der Waals surface area contributed by atoms with Gasteiger partial charge in [-0.05, 0) is 38.5 Å². The van der Waals surface area contributed by atoms with Gasteiger partial charge in [0, 0.05) is 19.4 Å². The van der Waals surface area contributed by atoms with Gasteiger partial charge in [0.05, 0.1) is 13.2 Å². The van der Waals surface area contributed by atoms with Crippen LogP contribution >= 0.6 is 7.82 Å². The average Bonchev–Trinajstić information content (AvgIpc) is 3.18. The Morgan fingerprint density at radius 2 is 0.911 bits per heavy atom. The largest absolute Gasteiger partial charge is 0.472 e. The van der Waals surface area contributed by atoms with Crippen molar-refractivity contribution in [3.63, 3.8) is 0 Å². The molecule has 0 saturated heterocycles. The number of rotatable bonds is 45. The molecule has 0 aromatic carbocycles. The minimum atomic E-state index is -4.41. The number of allylic oxidation sites excluding steroid dienone is 2. The second-order valence-electron chi connectivity index (χ2n) is 16.1. The zero-order valence-corrected chi connectivity index (χ0v) is 37.5. The van der Waals surface area contributed by atoms with Crippen molar-refractivity contribution in [1.29, 1.82) is 0 Å². The van der Waals surface area contributed by atoms with Crippen LogP contribution in [-0.4, -0.2) is 54.3 Å². The second-order valence-corrected chi connectivity index (χ2v) is 17.5. The Morgan fingerprint density at radius 3 is 1.34 bits per heavy atom. The number of ether oxygens (including phenoxy) is 1. The molecule has 0 aliphatic rings. The Balaban J connectivity index is 3.54. The van der Waals surface area contributed by atoms with Crippen molar-refractivity contribution in [3.8, 4) is 0 Å². The Hall–Kier alpha value is -1.25. The van der Waals surface area contributed by atoms with Crippen molar-refractivity contribution >= 4 is 19.7 Å². The van der Waals surface area contributed by atoms with E-state index in [9.17, 15) is 24.2 Å². The predicted molar refractivity (Wildman–Crippen MR) is 234 cm³/mol.